The van der Waals surface area contributed by atoms with E-state index in [0.29, 0.717) is 19.1 Å². The van der Waals surface area contributed by atoms with E-state index in [-0.39, 0.29) is 11.5 Å². The number of nitrogens with zero attached hydrogens (tertiary/aromatic N) is 1. The number of ether oxygens (including phenoxy) is 1. The van der Waals surface area contributed by atoms with Gasteiger partial charge in [-0.05, 0) is 18.6 Å². The number of rotatable bonds is 4. The van der Waals surface area contributed by atoms with Crippen molar-refractivity contribution in [3.8, 4) is 5.75 Å². The molecule has 0 saturated heterocycles. The van der Waals surface area contributed by atoms with Gasteiger partial charge in [-0.3, -0.25) is 4.99 Å². The van der Waals surface area contributed by atoms with E-state index in [1.165, 1.54) is 11.1 Å². The zero-order valence-corrected chi connectivity index (χ0v) is 15.3. The van der Waals surface area contributed by atoms with Gasteiger partial charge in [0, 0.05) is 17.4 Å². The standard InChI is InChI=1S/C21H27N3O/c1-15-8-10-16(11-9-15)21(2,3)14-23-20(22)24-18-12-13-25-19-7-5-4-6-17(18)19/h4-11,18H,12-14H2,1-3H3,(H3,22,23,24). The summed E-state index contributed by atoms with van der Waals surface area (Å²) < 4.78 is 5.70. The predicted octanol–water partition coefficient (Wildman–Crippen LogP) is 3.70. The van der Waals surface area contributed by atoms with Crippen LogP contribution in [0.1, 0.15) is 43.0 Å². The van der Waals surface area contributed by atoms with Crippen molar-refractivity contribution in [3.05, 3.63) is 65.2 Å². The van der Waals surface area contributed by atoms with Gasteiger partial charge in [0.15, 0.2) is 5.96 Å². The first kappa shape index (κ1) is 17.3. The monoisotopic (exact) mass is 337 g/mol. The van der Waals surface area contributed by atoms with E-state index in [1.54, 1.807) is 0 Å². The molecule has 1 unspecified atom stereocenters. The van der Waals surface area contributed by atoms with Crippen LogP contribution in [0.15, 0.2) is 53.5 Å². The van der Waals surface area contributed by atoms with Gasteiger partial charge >= 0.3 is 0 Å². The van der Waals surface area contributed by atoms with Crippen LogP contribution in [0.4, 0.5) is 0 Å². The molecule has 3 N–H and O–H groups in total. The molecule has 1 heterocycles. The Hall–Kier alpha value is -2.49. The molecule has 4 heteroatoms. The van der Waals surface area contributed by atoms with Crippen molar-refractivity contribution in [2.24, 2.45) is 10.7 Å². The fraction of sp³-hybridized carbons (Fsp3) is 0.381. The Kier molecular flexibility index (Phi) is 4.98. The molecular formula is C21H27N3O. The summed E-state index contributed by atoms with van der Waals surface area (Å²) in [6.45, 7) is 7.82. The average molecular weight is 337 g/mol. The molecule has 1 aliphatic heterocycles. The van der Waals surface area contributed by atoms with E-state index in [2.05, 4.69) is 61.4 Å². The molecule has 0 bridgehead atoms. The topological polar surface area (TPSA) is 59.6 Å². The molecule has 1 aliphatic rings. The van der Waals surface area contributed by atoms with Crippen LogP contribution >= 0.6 is 0 Å². The molecule has 2 aromatic carbocycles. The van der Waals surface area contributed by atoms with Gasteiger partial charge in [-0.2, -0.15) is 0 Å². The lowest BCUT2D eigenvalue weighted by molar-refractivity contribution is 0.262. The predicted molar refractivity (Wildman–Crippen MR) is 103 cm³/mol. The van der Waals surface area contributed by atoms with Gasteiger partial charge in [-0.25, -0.2) is 0 Å². The second kappa shape index (κ2) is 7.18. The maximum absolute atomic E-state index is 6.17. The molecule has 2 aromatic rings. The summed E-state index contributed by atoms with van der Waals surface area (Å²) >= 11 is 0. The minimum absolute atomic E-state index is 0.0619. The number of benzene rings is 2. The number of nitrogens with one attached hydrogen (secondary N) is 1. The number of para-hydroxylation sites is 1. The van der Waals surface area contributed by atoms with Gasteiger partial charge < -0.3 is 15.8 Å². The first-order valence-corrected chi connectivity index (χ1v) is 8.81. The number of nitrogens with two attached hydrogens (primary N) is 1. The molecule has 25 heavy (non-hydrogen) atoms. The largest absolute Gasteiger partial charge is 0.493 e. The Morgan fingerprint density at radius 3 is 2.68 bits per heavy atom. The van der Waals surface area contributed by atoms with Crippen LogP contribution in [0.5, 0.6) is 5.75 Å². The van der Waals surface area contributed by atoms with Crippen molar-refractivity contribution in [1.82, 2.24) is 5.32 Å². The van der Waals surface area contributed by atoms with Gasteiger partial charge in [0.1, 0.15) is 5.75 Å². The molecule has 0 radical (unpaired) electrons. The van der Waals surface area contributed by atoms with Crippen molar-refractivity contribution in [2.75, 3.05) is 13.2 Å². The summed E-state index contributed by atoms with van der Waals surface area (Å²) in [6.07, 6.45) is 0.884. The molecule has 0 amide bonds. The minimum Gasteiger partial charge on any atom is -0.493 e. The Labute approximate surface area is 150 Å². The molecule has 3 rings (SSSR count). The molecule has 132 valence electrons. The SMILES string of the molecule is Cc1ccc(C(C)(C)CN=C(N)NC2CCOc3ccccc32)cc1. The van der Waals surface area contributed by atoms with Crippen LogP contribution in [-0.2, 0) is 5.41 Å². The number of fused-ring (bicyclic) bond motifs is 1. The summed E-state index contributed by atoms with van der Waals surface area (Å²) in [5.74, 6) is 1.42. The molecule has 1 atom stereocenters. The van der Waals surface area contributed by atoms with Crippen LogP contribution in [0.3, 0.4) is 0 Å². The van der Waals surface area contributed by atoms with Crippen molar-refractivity contribution >= 4 is 5.96 Å². The Morgan fingerprint density at radius 1 is 1.20 bits per heavy atom. The fourth-order valence-electron chi connectivity index (χ4n) is 3.10. The Bertz CT molecular complexity index is 750. The zero-order valence-electron chi connectivity index (χ0n) is 15.3. The third-order valence-electron chi connectivity index (χ3n) is 4.76. The second-order valence-electron chi connectivity index (χ2n) is 7.32. The average Bonchev–Trinajstić information content (AvgIpc) is 2.61. The van der Waals surface area contributed by atoms with Crippen LogP contribution in [-0.4, -0.2) is 19.1 Å². The van der Waals surface area contributed by atoms with E-state index in [9.17, 15) is 0 Å². The van der Waals surface area contributed by atoms with Crippen molar-refractivity contribution in [2.45, 2.75) is 38.6 Å². The zero-order chi connectivity index (χ0) is 17.9. The highest BCUT2D eigenvalue weighted by Crippen LogP contribution is 2.31. The first-order chi connectivity index (χ1) is 12.0. The molecule has 4 nitrogen and oxygen atoms in total. The van der Waals surface area contributed by atoms with E-state index in [1.807, 2.05) is 18.2 Å². The molecule has 0 fully saturated rings. The number of hydrogen-bond acceptors (Lipinski definition) is 2. The van der Waals surface area contributed by atoms with E-state index in [4.69, 9.17) is 10.5 Å². The van der Waals surface area contributed by atoms with Gasteiger partial charge in [-0.15, -0.1) is 0 Å². The van der Waals surface area contributed by atoms with Gasteiger partial charge in [-0.1, -0.05) is 61.9 Å². The normalized spacial score (nSPS) is 17.6. The van der Waals surface area contributed by atoms with Crippen LogP contribution in [0, 0.1) is 6.92 Å². The minimum atomic E-state index is -0.0619. The van der Waals surface area contributed by atoms with Gasteiger partial charge in [0.2, 0.25) is 0 Å². The quantitative estimate of drug-likeness (QED) is 0.660. The summed E-state index contributed by atoms with van der Waals surface area (Å²) in [6, 6.07) is 16.9. The lowest BCUT2D eigenvalue weighted by Crippen LogP contribution is -2.38. The molecule has 0 spiro atoms. The van der Waals surface area contributed by atoms with E-state index in [0.717, 1.165) is 17.7 Å². The Morgan fingerprint density at radius 2 is 1.92 bits per heavy atom. The Balaban J connectivity index is 1.67. The molecule has 0 aliphatic carbocycles. The number of aryl methyl sites for hydroxylation is 1. The summed E-state index contributed by atoms with van der Waals surface area (Å²) in [5, 5.41) is 3.36. The third kappa shape index (κ3) is 4.13. The van der Waals surface area contributed by atoms with Gasteiger partial charge in [0.25, 0.3) is 0 Å². The van der Waals surface area contributed by atoms with Crippen LogP contribution in [0.25, 0.3) is 0 Å². The summed E-state index contributed by atoms with van der Waals surface area (Å²) in [5.41, 5.74) is 9.79. The van der Waals surface area contributed by atoms with Crippen molar-refractivity contribution in [1.29, 1.82) is 0 Å². The number of hydrogen-bond donors (Lipinski definition) is 2. The lowest BCUT2D eigenvalue weighted by Gasteiger charge is -2.28. The second-order valence-corrected chi connectivity index (χ2v) is 7.32. The molecular weight excluding hydrogens is 310 g/mol. The third-order valence-corrected chi connectivity index (χ3v) is 4.76. The highest BCUT2D eigenvalue weighted by molar-refractivity contribution is 5.78. The molecule has 0 aromatic heterocycles. The van der Waals surface area contributed by atoms with Crippen LogP contribution < -0.4 is 15.8 Å². The number of guanidine groups is 1. The van der Waals surface area contributed by atoms with Gasteiger partial charge in [0.05, 0.1) is 19.2 Å². The highest BCUT2D eigenvalue weighted by Gasteiger charge is 2.23. The van der Waals surface area contributed by atoms with Crippen molar-refractivity contribution in [3.63, 3.8) is 0 Å². The summed E-state index contributed by atoms with van der Waals surface area (Å²) in [7, 11) is 0. The highest BCUT2D eigenvalue weighted by atomic mass is 16.5. The number of aliphatic imine (C=N–C) groups is 1. The first-order valence-electron chi connectivity index (χ1n) is 8.81. The van der Waals surface area contributed by atoms with Crippen molar-refractivity contribution < 1.29 is 4.74 Å². The lowest BCUT2D eigenvalue weighted by atomic mass is 9.84. The maximum Gasteiger partial charge on any atom is 0.189 e. The fourth-order valence-corrected chi connectivity index (χ4v) is 3.10. The van der Waals surface area contributed by atoms with Crippen LogP contribution in [0.2, 0.25) is 0 Å². The molecule has 0 saturated carbocycles. The smallest absolute Gasteiger partial charge is 0.189 e. The maximum atomic E-state index is 6.17. The summed E-state index contributed by atoms with van der Waals surface area (Å²) in [4.78, 5) is 4.60. The van der Waals surface area contributed by atoms with E-state index >= 15 is 0 Å². The van der Waals surface area contributed by atoms with E-state index < -0.39 is 0 Å².